The van der Waals surface area contributed by atoms with Crippen molar-refractivity contribution in [3.8, 4) is 0 Å². The van der Waals surface area contributed by atoms with Crippen molar-refractivity contribution in [1.29, 1.82) is 0 Å². The van der Waals surface area contributed by atoms with Gasteiger partial charge in [-0.25, -0.2) is 8.42 Å². The molecular weight excluding hydrogens is 255 g/mol. The third-order valence-corrected chi connectivity index (χ3v) is 5.84. The second-order valence-electron chi connectivity index (χ2n) is 3.96. The summed E-state index contributed by atoms with van der Waals surface area (Å²) in [4.78, 5) is 0. The van der Waals surface area contributed by atoms with Crippen LogP contribution in [0, 0.1) is 5.41 Å². The molecular formula is C10H20Cl2O2S. The highest BCUT2D eigenvalue weighted by Crippen LogP contribution is 2.31. The van der Waals surface area contributed by atoms with Gasteiger partial charge in [-0.3, -0.25) is 0 Å². The van der Waals surface area contributed by atoms with E-state index in [0.29, 0.717) is 18.2 Å². The minimum Gasteiger partial charge on any atom is -0.229 e. The van der Waals surface area contributed by atoms with Gasteiger partial charge in [-0.1, -0.05) is 13.8 Å². The molecule has 0 aliphatic rings. The van der Waals surface area contributed by atoms with Gasteiger partial charge in [0.1, 0.15) is 9.84 Å². The molecule has 0 saturated heterocycles. The van der Waals surface area contributed by atoms with Gasteiger partial charge in [0, 0.05) is 17.5 Å². The number of halogens is 2. The average molecular weight is 275 g/mol. The maximum absolute atomic E-state index is 11.3. The van der Waals surface area contributed by atoms with Crippen LogP contribution in [0.4, 0.5) is 0 Å². The molecule has 0 aromatic carbocycles. The molecule has 0 heterocycles. The summed E-state index contributed by atoms with van der Waals surface area (Å²) in [6.45, 7) is 3.71. The molecule has 92 valence electrons. The van der Waals surface area contributed by atoms with Gasteiger partial charge in [-0.2, -0.15) is 0 Å². The Balaban J connectivity index is 4.13. The normalized spacial score (nSPS) is 13.1. The van der Waals surface area contributed by atoms with Crippen LogP contribution < -0.4 is 0 Å². The van der Waals surface area contributed by atoms with Crippen LogP contribution >= 0.6 is 23.2 Å². The van der Waals surface area contributed by atoms with Gasteiger partial charge in [0.05, 0.1) is 5.75 Å². The molecule has 15 heavy (non-hydrogen) atoms. The first-order valence-electron chi connectivity index (χ1n) is 5.27. The molecule has 0 aromatic heterocycles. The first kappa shape index (κ1) is 15.5. The summed E-state index contributed by atoms with van der Waals surface area (Å²) >= 11 is 11.7. The van der Waals surface area contributed by atoms with Crippen LogP contribution in [0.2, 0.25) is 0 Å². The van der Waals surface area contributed by atoms with E-state index < -0.39 is 9.84 Å². The topological polar surface area (TPSA) is 34.1 Å². The van der Waals surface area contributed by atoms with Crippen molar-refractivity contribution in [2.45, 2.75) is 33.1 Å². The monoisotopic (exact) mass is 274 g/mol. The Bertz CT molecular complexity index is 250. The Morgan fingerprint density at radius 2 is 1.67 bits per heavy atom. The van der Waals surface area contributed by atoms with Crippen LogP contribution in [-0.4, -0.2) is 31.7 Å². The van der Waals surface area contributed by atoms with Gasteiger partial charge in [0.2, 0.25) is 0 Å². The lowest BCUT2D eigenvalue weighted by molar-refractivity contribution is 0.331. The van der Waals surface area contributed by atoms with Crippen molar-refractivity contribution in [3.63, 3.8) is 0 Å². The van der Waals surface area contributed by atoms with E-state index in [1.807, 2.05) is 6.92 Å². The van der Waals surface area contributed by atoms with Crippen molar-refractivity contribution in [2.24, 2.45) is 5.41 Å². The zero-order valence-electron chi connectivity index (χ0n) is 9.43. The van der Waals surface area contributed by atoms with E-state index in [2.05, 4.69) is 0 Å². The van der Waals surface area contributed by atoms with Crippen molar-refractivity contribution in [1.82, 2.24) is 0 Å². The van der Waals surface area contributed by atoms with Crippen molar-refractivity contribution >= 4 is 33.0 Å². The lowest BCUT2D eigenvalue weighted by Gasteiger charge is -2.27. The third-order valence-electron chi connectivity index (χ3n) is 2.92. The molecule has 2 nitrogen and oxygen atoms in total. The van der Waals surface area contributed by atoms with Crippen LogP contribution in [0.3, 0.4) is 0 Å². The van der Waals surface area contributed by atoms with Gasteiger partial charge in [0.15, 0.2) is 0 Å². The summed E-state index contributed by atoms with van der Waals surface area (Å²) in [5, 5.41) is 0. The number of sulfone groups is 1. The summed E-state index contributed by atoms with van der Waals surface area (Å²) < 4.78 is 22.6. The molecule has 0 amide bonds. The maximum Gasteiger partial charge on any atom is 0.150 e. The van der Waals surface area contributed by atoms with E-state index >= 15 is 0 Å². The highest BCUT2D eigenvalue weighted by molar-refractivity contribution is 7.91. The maximum atomic E-state index is 11.3. The summed E-state index contributed by atoms with van der Waals surface area (Å²) in [6, 6.07) is 0. The SMILES string of the molecule is CCC(CCl)(CCl)CCCS(=O)(=O)CC. The summed E-state index contributed by atoms with van der Waals surface area (Å²) in [5.41, 5.74) is -0.0909. The van der Waals surface area contributed by atoms with E-state index in [1.165, 1.54) is 0 Å². The van der Waals surface area contributed by atoms with E-state index in [0.717, 1.165) is 12.8 Å². The van der Waals surface area contributed by atoms with Crippen LogP contribution in [0.15, 0.2) is 0 Å². The Kier molecular flexibility index (Phi) is 7.22. The van der Waals surface area contributed by atoms with Gasteiger partial charge >= 0.3 is 0 Å². The quantitative estimate of drug-likeness (QED) is 0.638. The Labute approximate surface area is 103 Å². The molecule has 0 atom stereocenters. The molecule has 0 N–H and O–H groups in total. The van der Waals surface area contributed by atoms with Crippen LogP contribution in [-0.2, 0) is 9.84 Å². The molecule has 0 aliphatic heterocycles. The van der Waals surface area contributed by atoms with E-state index in [9.17, 15) is 8.42 Å². The van der Waals surface area contributed by atoms with Crippen LogP contribution in [0.1, 0.15) is 33.1 Å². The van der Waals surface area contributed by atoms with E-state index in [4.69, 9.17) is 23.2 Å². The fourth-order valence-corrected chi connectivity index (χ4v) is 3.15. The number of hydrogen-bond donors (Lipinski definition) is 0. The van der Waals surface area contributed by atoms with Gasteiger partial charge in [-0.15, -0.1) is 23.2 Å². The highest BCUT2D eigenvalue weighted by Gasteiger charge is 2.26. The first-order valence-corrected chi connectivity index (χ1v) is 8.16. The predicted octanol–water partition coefficient (Wildman–Crippen LogP) is 3.08. The van der Waals surface area contributed by atoms with Crippen molar-refractivity contribution in [2.75, 3.05) is 23.3 Å². The average Bonchev–Trinajstić information content (AvgIpc) is 2.25. The molecule has 0 rings (SSSR count). The van der Waals surface area contributed by atoms with Crippen molar-refractivity contribution in [3.05, 3.63) is 0 Å². The lowest BCUT2D eigenvalue weighted by Crippen LogP contribution is -2.25. The van der Waals surface area contributed by atoms with Crippen molar-refractivity contribution < 1.29 is 8.42 Å². The molecule has 0 bridgehead atoms. The van der Waals surface area contributed by atoms with E-state index in [1.54, 1.807) is 6.92 Å². The lowest BCUT2D eigenvalue weighted by atomic mass is 9.85. The predicted molar refractivity (Wildman–Crippen MR) is 67.7 cm³/mol. The molecule has 0 aromatic rings. The fourth-order valence-electron chi connectivity index (χ4n) is 1.35. The molecule has 0 spiro atoms. The highest BCUT2D eigenvalue weighted by atomic mass is 35.5. The molecule has 0 fully saturated rings. The Morgan fingerprint density at radius 1 is 1.13 bits per heavy atom. The summed E-state index contributed by atoms with van der Waals surface area (Å²) in [6.07, 6.45) is 2.34. The molecule has 0 radical (unpaired) electrons. The second-order valence-corrected chi connectivity index (χ2v) is 6.97. The number of rotatable bonds is 8. The number of alkyl halides is 2. The Hall–Kier alpha value is 0.530. The molecule has 0 aliphatic carbocycles. The van der Waals surface area contributed by atoms with Gasteiger partial charge in [-0.05, 0) is 24.7 Å². The fraction of sp³-hybridized carbons (Fsp3) is 1.00. The standard InChI is InChI=1S/C10H20Cl2O2S/c1-3-10(8-11,9-12)6-5-7-15(13,14)4-2/h3-9H2,1-2H3. The van der Waals surface area contributed by atoms with E-state index in [-0.39, 0.29) is 16.9 Å². The Morgan fingerprint density at radius 3 is 2.00 bits per heavy atom. The largest absolute Gasteiger partial charge is 0.229 e. The summed E-state index contributed by atoms with van der Waals surface area (Å²) in [7, 11) is -2.85. The minimum absolute atomic E-state index is 0.0909. The minimum atomic E-state index is -2.85. The summed E-state index contributed by atoms with van der Waals surface area (Å²) in [5.74, 6) is 1.46. The van der Waals surface area contributed by atoms with Gasteiger partial charge in [0.25, 0.3) is 0 Å². The third kappa shape index (κ3) is 5.41. The zero-order valence-corrected chi connectivity index (χ0v) is 11.8. The molecule has 0 saturated carbocycles. The van der Waals surface area contributed by atoms with Gasteiger partial charge < -0.3 is 0 Å². The number of hydrogen-bond acceptors (Lipinski definition) is 2. The molecule has 5 heteroatoms. The van der Waals surface area contributed by atoms with Crippen LogP contribution in [0.25, 0.3) is 0 Å². The zero-order chi connectivity index (χ0) is 11.9. The molecule has 0 unspecified atom stereocenters. The second kappa shape index (κ2) is 6.97. The first-order chi connectivity index (χ1) is 6.95. The smallest absolute Gasteiger partial charge is 0.150 e. The van der Waals surface area contributed by atoms with Crippen LogP contribution in [0.5, 0.6) is 0 Å².